The molecule has 4 nitrogen and oxygen atoms in total. The third-order valence-electron chi connectivity index (χ3n) is 3.55. The van der Waals surface area contributed by atoms with E-state index in [0.29, 0.717) is 6.61 Å². The molecule has 112 valence electrons. The van der Waals surface area contributed by atoms with Crippen LogP contribution in [-0.2, 0) is 24.4 Å². The molecule has 0 spiro atoms. The molecular weight excluding hydrogens is 264 g/mol. The first-order valence-electron chi connectivity index (χ1n) is 7.41. The van der Waals surface area contributed by atoms with E-state index in [0.717, 1.165) is 36.8 Å². The van der Waals surface area contributed by atoms with E-state index in [1.807, 2.05) is 6.20 Å². The molecule has 0 fully saturated rings. The molecule has 1 aromatic carbocycles. The summed E-state index contributed by atoms with van der Waals surface area (Å²) in [6, 6.07) is 6.33. The Hall–Kier alpha value is -1.65. The highest BCUT2D eigenvalue weighted by molar-refractivity contribution is 5.59. The molecule has 0 amide bonds. The maximum Gasteiger partial charge on any atom is 0.196 e. The number of ether oxygens (including phenoxy) is 1. The molecule has 1 aliphatic rings. The van der Waals surface area contributed by atoms with Gasteiger partial charge in [-0.2, -0.15) is 0 Å². The Morgan fingerprint density at radius 3 is 2.81 bits per heavy atom. The lowest BCUT2D eigenvalue weighted by Crippen LogP contribution is -2.37. The molecule has 0 atom stereocenters. The Bertz CT molecular complexity index is 626. The second kappa shape index (κ2) is 5.62. The summed E-state index contributed by atoms with van der Waals surface area (Å²) in [6.07, 6.45) is 2.61. The van der Waals surface area contributed by atoms with Crippen LogP contribution in [0.3, 0.4) is 0 Å². The van der Waals surface area contributed by atoms with Crippen LogP contribution in [0.4, 0.5) is 0 Å². The van der Waals surface area contributed by atoms with Crippen molar-refractivity contribution in [2.75, 3.05) is 6.54 Å². The molecule has 2 heterocycles. The van der Waals surface area contributed by atoms with Crippen molar-refractivity contribution in [3.63, 3.8) is 0 Å². The van der Waals surface area contributed by atoms with Gasteiger partial charge in [0.25, 0.3) is 0 Å². The van der Waals surface area contributed by atoms with Crippen LogP contribution in [0.2, 0.25) is 0 Å². The zero-order chi connectivity index (χ0) is 14.9. The predicted molar refractivity (Wildman–Crippen MR) is 81.9 cm³/mol. The van der Waals surface area contributed by atoms with Gasteiger partial charge < -0.3 is 14.5 Å². The van der Waals surface area contributed by atoms with Gasteiger partial charge in [-0.15, -0.1) is 0 Å². The largest absolute Gasteiger partial charge is 0.441 e. The first kappa shape index (κ1) is 14.3. The lowest BCUT2D eigenvalue weighted by Gasteiger charge is -2.19. The van der Waals surface area contributed by atoms with Crippen LogP contribution in [0.5, 0.6) is 0 Å². The van der Waals surface area contributed by atoms with E-state index >= 15 is 0 Å². The number of rotatable bonds is 4. The van der Waals surface area contributed by atoms with E-state index in [-0.39, 0.29) is 5.54 Å². The lowest BCUT2D eigenvalue weighted by atomic mass is 10.1. The number of aromatic nitrogens is 1. The molecule has 0 bridgehead atoms. The monoisotopic (exact) mass is 286 g/mol. The topological polar surface area (TPSA) is 47.3 Å². The van der Waals surface area contributed by atoms with Crippen LogP contribution in [0, 0.1) is 0 Å². The SMILES string of the molecule is CC(C)(C)NCCc1ncc(-c2ccc3c(c2)COC3)o1. The maximum absolute atomic E-state index is 5.85. The molecule has 21 heavy (non-hydrogen) atoms. The van der Waals surface area contributed by atoms with Gasteiger partial charge in [-0.25, -0.2) is 4.98 Å². The second-order valence-corrected chi connectivity index (χ2v) is 6.52. The Morgan fingerprint density at radius 1 is 1.19 bits per heavy atom. The fraction of sp³-hybridized carbons (Fsp3) is 0.471. The van der Waals surface area contributed by atoms with Crippen molar-refractivity contribution >= 4 is 0 Å². The van der Waals surface area contributed by atoms with Gasteiger partial charge in [0.05, 0.1) is 19.4 Å². The summed E-state index contributed by atoms with van der Waals surface area (Å²) in [7, 11) is 0. The molecular formula is C17H22N2O2. The van der Waals surface area contributed by atoms with Gasteiger partial charge in [-0.1, -0.05) is 12.1 Å². The van der Waals surface area contributed by atoms with Gasteiger partial charge in [0.1, 0.15) is 0 Å². The van der Waals surface area contributed by atoms with Crippen LogP contribution in [0.15, 0.2) is 28.8 Å². The molecule has 4 heteroatoms. The van der Waals surface area contributed by atoms with Crippen LogP contribution in [-0.4, -0.2) is 17.1 Å². The Balaban J connectivity index is 1.67. The molecule has 0 radical (unpaired) electrons. The standard InChI is InChI=1S/C17H22N2O2/c1-17(2,3)19-7-6-16-18-9-15(21-16)12-4-5-13-10-20-11-14(13)8-12/h4-5,8-9,19H,6-7,10-11H2,1-3H3. The first-order chi connectivity index (χ1) is 10.0. The van der Waals surface area contributed by atoms with Crippen LogP contribution < -0.4 is 5.32 Å². The zero-order valence-corrected chi connectivity index (χ0v) is 12.9. The minimum absolute atomic E-state index is 0.120. The molecule has 3 rings (SSSR count). The molecule has 0 saturated heterocycles. The summed E-state index contributed by atoms with van der Waals surface area (Å²) in [4.78, 5) is 4.37. The Labute approximate surface area is 125 Å². The van der Waals surface area contributed by atoms with Crippen LogP contribution >= 0.6 is 0 Å². The van der Waals surface area contributed by atoms with Crippen molar-refractivity contribution in [3.05, 3.63) is 41.4 Å². The smallest absolute Gasteiger partial charge is 0.196 e. The molecule has 0 unspecified atom stereocenters. The third-order valence-corrected chi connectivity index (χ3v) is 3.55. The Kier molecular flexibility index (Phi) is 3.83. The summed E-state index contributed by atoms with van der Waals surface area (Å²) in [6.45, 7) is 8.73. The highest BCUT2D eigenvalue weighted by atomic mass is 16.5. The summed E-state index contributed by atoms with van der Waals surface area (Å²) in [5, 5.41) is 3.44. The van der Waals surface area contributed by atoms with Gasteiger partial charge in [-0.05, 0) is 38.0 Å². The summed E-state index contributed by atoms with van der Waals surface area (Å²) >= 11 is 0. The Morgan fingerprint density at radius 2 is 2.00 bits per heavy atom. The highest BCUT2D eigenvalue weighted by Crippen LogP contribution is 2.27. The average Bonchev–Trinajstić information content (AvgIpc) is 3.04. The van der Waals surface area contributed by atoms with Crippen molar-refractivity contribution in [2.45, 2.75) is 45.9 Å². The number of hydrogen-bond acceptors (Lipinski definition) is 4. The minimum Gasteiger partial charge on any atom is -0.441 e. The maximum atomic E-state index is 5.85. The average molecular weight is 286 g/mol. The zero-order valence-electron chi connectivity index (χ0n) is 12.9. The van der Waals surface area contributed by atoms with Crippen LogP contribution in [0.25, 0.3) is 11.3 Å². The molecule has 0 aliphatic carbocycles. The number of nitrogens with one attached hydrogen (secondary N) is 1. The highest BCUT2D eigenvalue weighted by Gasteiger charge is 2.14. The third kappa shape index (κ3) is 3.52. The van der Waals surface area contributed by atoms with Gasteiger partial charge in [0.15, 0.2) is 11.7 Å². The fourth-order valence-electron chi connectivity index (χ4n) is 2.43. The van der Waals surface area contributed by atoms with Crippen molar-refractivity contribution in [3.8, 4) is 11.3 Å². The predicted octanol–water partition coefficient (Wildman–Crippen LogP) is 3.30. The quantitative estimate of drug-likeness (QED) is 0.936. The summed E-state index contributed by atoms with van der Waals surface area (Å²) < 4.78 is 11.3. The molecule has 1 aliphatic heterocycles. The second-order valence-electron chi connectivity index (χ2n) is 6.52. The first-order valence-corrected chi connectivity index (χ1v) is 7.41. The number of fused-ring (bicyclic) bond motifs is 1. The lowest BCUT2D eigenvalue weighted by molar-refractivity contribution is 0.134. The number of hydrogen-bond donors (Lipinski definition) is 1. The molecule has 2 aromatic rings. The number of benzene rings is 1. The summed E-state index contributed by atoms with van der Waals surface area (Å²) in [5.41, 5.74) is 3.71. The van der Waals surface area contributed by atoms with E-state index in [9.17, 15) is 0 Å². The van der Waals surface area contributed by atoms with Crippen molar-refractivity contribution in [1.82, 2.24) is 10.3 Å². The van der Waals surface area contributed by atoms with E-state index in [1.165, 1.54) is 11.1 Å². The van der Waals surface area contributed by atoms with Gasteiger partial charge in [-0.3, -0.25) is 0 Å². The molecule has 1 N–H and O–H groups in total. The van der Waals surface area contributed by atoms with Gasteiger partial charge in [0, 0.05) is 24.1 Å². The molecule has 0 saturated carbocycles. The van der Waals surface area contributed by atoms with Crippen molar-refractivity contribution < 1.29 is 9.15 Å². The number of oxazole rings is 1. The van der Waals surface area contributed by atoms with Crippen LogP contribution in [0.1, 0.15) is 37.8 Å². The van der Waals surface area contributed by atoms with Gasteiger partial charge in [0.2, 0.25) is 0 Å². The normalized spacial score (nSPS) is 14.4. The summed E-state index contributed by atoms with van der Waals surface area (Å²) in [5.74, 6) is 1.61. The van der Waals surface area contributed by atoms with E-state index in [4.69, 9.17) is 9.15 Å². The van der Waals surface area contributed by atoms with Gasteiger partial charge >= 0.3 is 0 Å². The van der Waals surface area contributed by atoms with E-state index in [1.54, 1.807) is 0 Å². The van der Waals surface area contributed by atoms with Crippen molar-refractivity contribution in [1.29, 1.82) is 0 Å². The minimum atomic E-state index is 0.120. The fourth-order valence-corrected chi connectivity index (χ4v) is 2.43. The van der Waals surface area contributed by atoms with Crippen molar-refractivity contribution in [2.24, 2.45) is 0 Å². The molecule has 1 aromatic heterocycles. The number of nitrogens with zero attached hydrogens (tertiary/aromatic N) is 1. The van der Waals surface area contributed by atoms with E-state index in [2.05, 4.69) is 49.3 Å². The van der Waals surface area contributed by atoms with E-state index < -0.39 is 0 Å².